The Bertz CT molecular complexity index is 412. The summed E-state index contributed by atoms with van der Waals surface area (Å²) in [6.07, 6.45) is 16.9. The molecule has 1 aromatic rings. The minimum Gasteiger partial charge on any atom is -1.00 e. The lowest BCUT2D eigenvalue weighted by molar-refractivity contribution is -0.941. The van der Waals surface area contributed by atoms with E-state index >= 15 is 0 Å². The third-order valence-electron chi connectivity index (χ3n) is 5.74. The Hall–Kier alpha value is -0.530. The summed E-state index contributed by atoms with van der Waals surface area (Å²) in [5, 5.41) is 0. The van der Waals surface area contributed by atoms with Crippen LogP contribution in [-0.4, -0.2) is 24.1 Å². The highest BCUT2D eigenvalue weighted by molar-refractivity contribution is 5.13. The molecular formula is C25H46ClN. The molecule has 0 bridgehead atoms. The summed E-state index contributed by atoms with van der Waals surface area (Å²) in [4.78, 5) is 0. The summed E-state index contributed by atoms with van der Waals surface area (Å²) >= 11 is 0. The highest BCUT2D eigenvalue weighted by Crippen LogP contribution is 2.19. The van der Waals surface area contributed by atoms with Gasteiger partial charge < -0.3 is 16.9 Å². The molecule has 2 heteroatoms. The van der Waals surface area contributed by atoms with Gasteiger partial charge in [-0.25, -0.2) is 0 Å². The molecule has 27 heavy (non-hydrogen) atoms. The molecular weight excluding hydrogens is 350 g/mol. The molecule has 0 aromatic heterocycles. The van der Waals surface area contributed by atoms with Crippen LogP contribution in [0.2, 0.25) is 0 Å². The van der Waals surface area contributed by atoms with E-state index in [4.69, 9.17) is 0 Å². The molecule has 0 atom stereocenters. The fourth-order valence-electron chi connectivity index (χ4n) is 4.43. The van der Waals surface area contributed by atoms with E-state index in [0.717, 1.165) is 0 Å². The van der Waals surface area contributed by atoms with E-state index in [1.807, 2.05) is 0 Å². The van der Waals surface area contributed by atoms with Gasteiger partial charge in [0, 0.05) is 5.56 Å². The van der Waals surface area contributed by atoms with E-state index in [-0.39, 0.29) is 12.4 Å². The Kier molecular flexibility index (Phi) is 17.2. The minimum atomic E-state index is 0. The van der Waals surface area contributed by atoms with Gasteiger partial charge >= 0.3 is 0 Å². The highest BCUT2D eigenvalue weighted by atomic mass is 35.5. The predicted octanol–water partition coefficient (Wildman–Crippen LogP) is 4.75. The zero-order valence-electron chi connectivity index (χ0n) is 18.5. The van der Waals surface area contributed by atoms with Crippen molar-refractivity contribution in [3.63, 3.8) is 0 Å². The second-order valence-electron chi connectivity index (χ2n) is 8.34. The Balaban J connectivity index is 0.00000676. The van der Waals surface area contributed by atoms with Crippen molar-refractivity contribution in [1.29, 1.82) is 0 Å². The van der Waals surface area contributed by atoms with Crippen LogP contribution in [0.3, 0.4) is 0 Å². The molecule has 0 aliphatic carbocycles. The first-order valence-electron chi connectivity index (χ1n) is 11.7. The van der Waals surface area contributed by atoms with Crippen molar-refractivity contribution < 1.29 is 16.9 Å². The Labute approximate surface area is 176 Å². The molecule has 1 aromatic carbocycles. The molecule has 0 amide bonds. The third-order valence-corrected chi connectivity index (χ3v) is 5.74. The van der Waals surface area contributed by atoms with Crippen LogP contribution in [-0.2, 0) is 6.54 Å². The number of unbranched alkanes of at least 4 members (excludes halogenated alkanes) is 9. The number of benzene rings is 1. The number of halogens is 1. The Morgan fingerprint density at radius 2 is 1.04 bits per heavy atom. The lowest BCUT2D eigenvalue weighted by Gasteiger charge is -2.39. The second-order valence-corrected chi connectivity index (χ2v) is 8.34. The summed E-state index contributed by atoms with van der Waals surface area (Å²) in [5.41, 5.74) is 1.52. The molecule has 158 valence electrons. The maximum atomic E-state index is 2.35. The third kappa shape index (κ3) is 12.5. The van der Waals surface area contributed by atoms with Gasteiger partial charge in [-0.05, 0) is 25.7 Å². The number of quaternary nitrogens is 1. The van der Waals surface area contributed by atoms with Crippen molar-refractivity contribution in [2.45, 2.75) is 104 Å². The summed E-state index contributed by atoms with van der Waals surface area (Å²) in [6, 6.07) is 11.2. The van der Waals surface area contributed by atoms with E-state index < -0.39 is 0 Å². The molecule has 0 aliphatic heterocycles. The summed E-state index contributed by atoms with van der Waals surface area (Å²) in [7, 11) is 0. The van der Waals surface area contributed by atoms with Crippen LogP contribution in [0.15, 0.2) is 30.3 Å². The van der Waals surface area contributed by atoms with Crippen molar-refractivity contribution in [3.05, 3.63) is 35.9 Å². The minimum absolute atomic E-state index is 0. The zero-order valence-corrected chi connectivity index (χ0v) is 19.3. The Morgan fingerprint density at radius 3 is 1.52 bits per heavy atom. The first-order chi connectivity index (χ1) is 12.8. The predicted molar refractivity (Wildman–Crippen MR) is 117 cm³/mol. The maximum Gasteiger partial charge on any atom is 0.104 e. The Morgan fingerprint density at radius 1 is 0.556 bits per heavy atom. The quantitative estimate of drug-likeness (QED) is 0.264. The highest BCUT2D eigenvalue weighted by Gasteiger charge is 2.25. The van der Waals surface area contributed by atoms with Gasteiger partial charge in [0.15, 0.2) is 0 Å². The molecule has 0 aliphatic rings. The molecule has 0 radical (unpaired) electrons. The van der Waals surface area contributed by atoms with Crippen molar-refractivity contribution >= 4 is 0 Å². The van der Waals surface area contributed by atoms with Crippen molar-refractivity contribution in [2.24, 2.45) is 0 Å². The molecule has 0 unspecified atom stereocenters. The van der Waals surface area contributed by atoms with E-state index in [1.165, 1.54) is 113 Å². The molecule has 0 N–H and O–H groups in total. The molecule has 1 rings (SSSR count). The van der Waals surface area contributed by atoms with Crippen LogP contribution in [0.4, 0.5) is 0 Å². The molecule has 0 fully saturated rings. The van der Waals surface area contributed by atoms with Crippen LogP contribution in [0.1, 0.15) is 103 Å². The largest absolute Gasteiger partial charge is 1.00 e. The van der Waals surface area contributed by atoms with Gasteiger partial charge in [-0.15, -0.1) is 0 Å². The second kappa shape index (κ2) is 17.6. The normalized spacial score (nSPS) is 11.4. The van der Waals surface area contributed by atoms with Crippen LogP contribution < -0.4 is 12.4 Å². The van der Waals surface area contributed by atoms with Crippen LogP contribution in [0, 0.1) is 0 Å². The van der Waals surface area contributed by atoms with Gasteiger partial charge in [0.1, 0.15) is 6.54 Å². The molecule has 1 nitrogen and oxygen atoms in total. The van der Waals surface area contributed by atoms with Gasteiger partial charge in [0.05, 0.1) is 19.6 Å². The average molecular weight is 396 g/mol. The number of hydrogen-bond acceptors (Lipinski definition) is 0. The van der Waals surface area contributed by atoms with Crippen LogP contribution in [0.25, 0.3) is 0 Å². The van der Waals surface area contributed by atoms with Gasteiger partial charge in [-0.3, -0.25) is 0 Å². The maximum absolute atomic E-state index is 2.35. The van der Waals surface area contributed by atoms with Crippen molar-refractivity contribution in [2.75, 3.05) is 19.6 Å². The zero-order chi connectivity index (χ0) is 18.9. The van der Waals surface area contributed by atoms with Crippen LogP contribution in [0.5, 0.6) is 0 Å². The van der Waals surface area contributed by atoms with Crippen molar-refractivity contribution in [3.8, 4) is 0 Å². The molecule has 0 saturated carbocycles. The van der Waals surface area contributed by atoms with E-state index in [0.29, 0.717) is 0 Å². The fraction of sp³-hybridized carbons (Fsp3) is 0.760. The topological polar surface area (TPSA) is 0 Å². The fourth-order valence-corrected chi connectivity index (χ4v) is 4.43. The molecule has 0 saturated heterocycles. The molecule has 0 heterocycles. The van der Waals surface area contributed by atoms with Crippen molar-refractivity contribution in [1.82, 2.24) is 0 Å². The van der Waals surface area contributed by atoms with Gasteiger partial charge in [0.2, 0.25) is 0 Å². The van der Waals surface area contributed by atoms with E-state index in [9.17, 15) is 0 Å². The monoisotopic (exact) mass is 395 g/mol. The SMILES string of the molecule is CCCCCCCCCCCC[N+](CCC)(CCC)Cc1ccccc1.[Cl-]. The first kappa shape index (κ1) is 26.5. The summed E-state index contributed by atoms with van der Waals surface area (Å²) in [5.74, 6) is 0. The summed E-state index contributed by atoms with van der Waals surface area (Å²) in [6.45, 7) is 12.3. The average Bonchev–Trinajstić information content (AvgIpc) is 2.64. The van der Waals surface area contributed by atoms with Gasteiger partial charge in [0.25, 0.3) is 0 Å². The van der Waals surface area contributed by atoms with Crippen LogP contribution >= 0.6 is 0 Å². The number of hydrogen-bond donors (Lipinski definition) is 0. The number of rotatable bonds is 17. The van der Waals surface area contributed by atoms with E-state index in [1.54, 1.807) is 0 Å². The van der Waals surface area contributed by atoms with Gasteiger partial charge in [-0.1, -0.05) is 102 Å². The summed E-state index contributed by atoms with van der Waals surface area (Å²) < 4.78 is 1.30. The standard InChI is InChI=1S/C25H46N.ClH/c1-4-7-8-9-10-11-12-13-14-18-23-26(21-5-2,22-6-3)24-25-19-16-15-17-20-25;/h15-17,19-20H,4-14,18,21-24H2,1-3H3;1H/q+1;/p-1. The lowest BCUT2D eigenvalue weighted by atomic mass is 10.1. The number of nitrogens with zero attached hydrogens (tertiary/aromatic N) is 1. The van der Waals surface area contributed by atoms with E-state index in [2.05, 4.69) is 51.1 Å². The first-order valence-corrected chi connectivity index (χ1v) is 11.7. The van der Waals surface area contributed by atoms with Gasteiger partial charge in [-0.2, -0.15) is 0 Å². The smallest absolute Gasteiger partial charge is 0.104 e. The molecule has 0 spiro atoms. The lowest BCUT2D eigenvalue weighted by Crippen LogP contribution is -3.00.